The molecular weight excluding hydrogens is 233 g/mol. The molecule has 0 radical (unpaired) electrons. The normalized spacial score (nSPS) is 14.5. The van der Waals surface area contributed by atoms with Gasteiger partial charge in [-0.25, -0.2) is 4.39 Å². The first kappa shape index (κ1) is 14.6. The van der Waals surface area contributed by atoms with E-state index in [4.69, 9.17) is 0 Å². The molecule has 0 aliphatic rings. The summed E-state index contributed by atoms with van der Waals surface area (Å²) < 4.78 is 13.1. The summed E-state index contributed by atoms with van der Waals surface area (Å²) in [5.41, 5.74) is -0.302. The molecule has 0 heterocycles. The molecule has 0 aliphatic carbocycles. The predicted molar refractivity (Wildman–Crippen MR) is 69.1 cm³/mol. The van der Waals surface area contributed by atoms with Gasteiger partial charge in [0.2, 0.25) is 0 Å². The Labute approximate surface area is 107 Å². The summed E-state index contributed by atoms with van der Waals surface area (Å²) in [6.07, 6.45) is 0.293. The number of nitrogens with zero attached hydrogens (tertiary/aromatic N) is 1. The van der Waals surface area contributed by atoms with Crippen molar-refractivity contribution in [1.82, 2.24) is 4.90 Å². The average molecular weight is 253 g/mol. The number of rotatable bonds is 6. The van der Waals surface area contributed by atoms with Crippen molar-refractivity contribution in [3.8, 4) is 0 Å². The number of benzene rings is 1. The summed E-state index contributed by atoms with van der Waals surface area (Å²) in [4.78, 5) is 13.4. The van der Waals surface area contributed by atoms with Crippen molar-refractivity contribution in [3.05, 3.63) is 35.6 Å². The third-order valence-electron chi connectivity index (χ3n) is 3.36. The SMILES string of the molecule is CCN(CC)C(C)(Cc1cccc(F)c1)C(=O)O. The summed E-state index contributed by atoms with van der Waals surface area (Å²) in [5.74, 6) is -1.21. The maximum Gasteiger partial charge on any atom is 0.324 e. The fraction of sp³-hybridized carbons (Fsp3) is 0.500. The molecule has 1 rings (SSSR count). The number of carbonyl (C=O) groups is 1. The molecule has 0 fully saturated rings. The standard InChI is InChI=1S/C14H20FNO2/c1-4-16(5-2)14(3,13(17)18)10-11-7-6-8-12(15)9-11/h6-9H,4-5,10H2,1-3H3,(H,17,18). The van der Waals surface area contributed by atoms with E-state index in [2.05, 4.69) is 0 Å². The van der Waals surface area contributed by atoms with E-state index in [0.717, 1.165) is 0 Å². The predicted octanol–water partition coefficient (Wildman–Crippen LogP) is 2.55. The zero-order valence-corrected chi connectivity index (χ0v) is 11.1. The van der Waals surface area contributed by atoms with Crippen molar-refractivity contribution >= 4 is 5.97 Å². The van der Waals surface area contributed by atoms with E-state index in [1.807, 2.05) is 18.7 Å². The van der Waals surface area contributed by atoms with E-state index in [1.165, 1.54) is 12.1 Å². The fourth-order valence-corrected chi connectivity index (χ4v) is 2.29. The second-order valence-electron chi connectivity index (χ2n) is 4.56. The smallest absolute Gasteiger partial charge is 0.324 e. The largest absolute Gasteiger partial charge is 0.480 e. The van der Waals surface area contributed by atoms with Gasteiger partial charge in [0.05, 0.1) is 0 Å². The molecule has 1 atom stereocenters. The number of carboxylic acids is 1. The van der Waals surface area contributed by atoms with Crippen LogP contribution >= 0.6 is 0 Å². The number of aliphatic carboxylic acids is 1. The first-order valence-corrected chi connectivity index (χ1v) is 6.17. The van der Waals surface area contributed by atoms with Gasteiger partial charge in [-0.2, -0.15) is 0 Å². The van der Waals surface area contributed by atoms with Crippen LogP contribution in [0.4, 0.5) is 4.39 Å². The topological polar surface area (TPSA) is 40.5 Å². The second-order valence-corrected chi connectivity index (χ2v) is 4.56. The molecule has 100 valence electrons. The Morgan fingerprint density at radius 3 is 2.44 bits per heavy atom. The Balaban J connectivity index is 3.03. The van der Waals surface area contributed by atoms with Crippen LogP contribution in [-0.2, 0) is 11.2 Å². The zero-order valence-electron chi connectivity index (χ0n) is 11.1. The van der Waals surface area contributed by atoms with E-state index in [-0.39, 0.29) is 5.82 Å². The summed E-state index contributed by atoms with van der Waals surface area (Å²) in [5, 5.41) is 9.46. The van der Waals surface area contributed by atoms with E-state index in [9.17, 15) is 14.3 Å². The average Bonchev–Trinajstić information content (AvgIpc) is 2.30. The van der Waals surface area contributed by atoms with Crippen molar-refractivity contribution in [2.24, 2.45) is 0 Å². The molecule has 4 heteroatoms. The molecule has 1 aromatic rings. The van der Waals surface area contributed by atoms with Crippen LogP contribution in [0.25, 0.3) is 0 Å². The first-order valence-electron chi connectivity index (χ1n) is 6.17. The molecule has 0 spiro atoms. The minimum atomic E-state index is -1.00. The lowest BCUT2D eigenvalue weighted by atomic mass is 9.90. The summed E-state index contributed by atoms with van der Waals surface area (Å²) in [6, 6.07) is 6.12. The van der Waals surface area contributed by atoms with Crippen LogP contribution in [0.5, 0.6) is 0 Å². The highest BCUT2D eigenvalue weighted by atomic mass is 19.1. The molecule has 3 nitrogen and oxygen atoms in total. The Bertz CT molecular complexity index is 418. The first-order chi connectivity index (χ1) is 8.43. The van der Waals surface area contributed by atoms with Crippen LogP contribution in [0.15, 0.2) is 24.3 Å². The lowest BCUT2D eigenvalue weighted by Crippen LogP contribution is -2.53. The molecule has 1 N–H and O–H groups in total. The summed E-state index contributed by atoms with van der Waals surface area (Å²) in [6.45, 7) is 6.84. The molecule has 0 aliphatic heterocycles. The van der Waals surface area contributed by atoms with E-state index >= 15 is 0 Å². The molecular formula is C14H20FNO2. The highest BCUT2D eigenvalue weighted by molar-refractivity contribution is 5.78. The van der Waals surface area contributed by atoms with Crippen LogP contribution < -0.4 is 0 Å². The van der Waals surface area contributed by atoms with Gasteiger partial charge >= 0.3 is 5.97 Å². The zero-order chi connectivity index (χ0) is 13.8. The Kier molecular flexibility index (Phi) is 4.84. The highest BCUT2D eigenvalue weighted by Crippen LogP contribution is 2.21. The summed E-state index contributed by atoms with van der Waals surface area (Å²) in [7, 11) is 0. The number of likely N-dealkylation sites (N-methyl/N-ethyl adjacent to an activating group) is 1. The van der Waals surface area contributed by atoms with Crippen molar-refractivity contribution < 1.29 is 14.3 Å². The molecule has 0 saturated heterocycles. The number of hydrogen-bond acceptors (Lipinski definition) is 2. The number of hydrogen-bond donors (Lipinski definition) is 1. The van der Waals surface area contributed by atoms with E-state index in [1.54, 1.807) is 19.1 Å². The van der Waals surface area contributed by atoms with E-state index < -0.39 is 11.5 Å². The van der Waals surface area contributed by atoms with Crippen molar-refractivity contribution in [2.45, 2.75) is 32.7 Å². The number of halogens is 1. The highest BCUT2D eigenvalue weighted by Gasteiger charge is 2.38. The van der Waals surface area contributed by atoms with Gasteiger partial charge in [-0.15, -0.1) is 0 Å². The van der Waals surface area contributed by atoms with Gasteiger partial charge in [0.15, 0.2) is 0 Å². The van der Waals surface area contributed by atoms with Gasteiger partial charge in [-0.3, -0.25) is 9.69 Å². The maximum absolute atomic E-state index is 13.1. The monoisotopic (exact) mass is 253 g/mol. The molecule has 0 bridgehead atoms. The molecule has 0 aromatic heterocycles. The minimum Gasteiger partial charge on any atom is -0.480 e. The Hall–Kier alpha value is -1.42. The molecule has 1 unspecified atom stereocenters. The Morgan fingerprint density at radius 1 is 1.39 bits per heavy atom. The molecule has 18 heavy (non-hydrogen) atoms. The molecule has 0 saturated carbocycles. The quantitative estimate of drug-likeness (QED) is 0.847. The van der Waals surface area contributed by atoms with Crippen molar-refractivity contribution in [1.29, 1.82) is 0 Å². The van der Waals surface area contributed by atoms with Crippen LogP contribution in [0.3, 0.4) is 0 Å². The minimum absolute atomic E-state index is 0.293. The lowest BCUT2D eigenvalue weighted by molar-refractivity contribution is -0.150. The van der Waals surface area contributed by atoms with Gasteiger partial charge < -0.3 is 5.11 Å². The second kappa shape index (κ2) is 5.96. The lowest BCUT2D eigenvalue weighted by Gasteiger charge is -2.36. The van der Waals surface area contributed by atoms with Crippen molar-refractivity contribution in [2.75, 3.05) is 13.1 Å². The summed E-state index contributed by atoms with van der Waals surface area (Å²) >= 11 is 0. The van der Waals surface area contributed by atoms with Gasteiger partial charge in [0, 0.05) is 6.42 Å². The van der Waals surface area contributed by atoms with Crippen LogP contribution in [0.1, 0.15) is 26.3 Å². The van der Waals surface area contributed by atoms with Gasteiger partial charge in [-0.05, 0) is 37.7 Å². The van der Waals surface area contributed by atoms with Crippen LogP contribution in [0, 0.1) is 5.82 Å². The maximum atomic E-state index is 13.1. The fourth-order valence-electron chi connectivity index (χ4n) is 2.29. The van der Waals surface area contributed by atoms with E-state index in [0.29, 0.717) is 25.1 Å². The van der Waals surface area contributed by atoms with Crippen molar-refractivity contribution in [3.63, 3.8) is 0 Å². The van der Waals surface area contributed by atoms with Gasteiger partial charge in [-0.1, -0.05) is 26.0 Å². The molecule has 0 amide bonds. The van der Waals surface area contributed by atoms with Gasteiger partial charge in [0.1, 0.15) is 11.4 Å². The third-order valence-corrected chi connectivity index (χ3v) is 3.36. The Morgan fingerprint density at radius 2 is 2.00 bits per heavy atom. The number of carboxylic acid groups (broad SMARTS) is 1. The van der Waals surface area contributed by atoms with Crippen LogP contribution in [-0.4, -0.2) is 34.6 Å². The molecule has 1 aromatic carbocycles. The van der Waals surface area contributed by atoms with Gasteiger partial charge in [0.25, 0.3) is 0 Å². The van der Waals surface area contributed by atoms with Crippen LogP contribution in [0.2, 0.25) is 0 Å². The third kappa shape index (κ3) is 3.07.